The number of nitrogens with one attached hydrogen (secondary N) is 1. The Balaban J connectivity index is 2.05. The van der Waals surface area contributed by atoms with Crippen LogP contribution in [0.5, 0.6) is 5.75 Å². The van der Waals surface area contributed by atoms with Crippen LogP contribution in [0.15, 0.2) is 23.0 Å². The molecule has 3 rings (SSSR count). The van der Waals surface area contributed by atoms with Crippen molar-refractivity contribution >= 4 is 16.8 Å². The maximum atomic E-state index is 12.5. The van der Waals surface area contributed by atoms with Gasteiger partial charge in [-0.15, -0.1) is 0 Å². The highest BCUT2D eigenvalue weighted by molar-refractivity contribution is 6.03. The molecule has 0 unspecified atom stereocenters. The Kier molecular flexibility index (Phi) is 3.62. The third kappa shape index (κ3) is 2.25. The van der Waals surface area contributed by atoms with Crippen LogP contribution in [0.2, 0.25) is 0 Å². The van der Waals surface area contributed by atoms with Crippen molar-refractivity contribution < 1.29 is 9.90 Å². The van der Waals surface area contributed by atoms with Gasteiger partial charge >= 0.3 is 0 Å². The average Bonchev–Trinajstić information content (AvgIpc) is 2.89. The Hall–Kier alpha value is -2.34. The predicted octanol–water partition coefficient (Wildman–Crippen LogP) is 0.555. The van der Waals surface area contributed by atoms with Gasteiger partial charge in [-0.3, -0.25) is 9.59 Å². The van der Waals surface area contributed by atoms with E-state index in [1.807, 2.05) is 31.1 Å². The van der Waals surface area contributed by atoms with Gasteiger partial charge in [0.2, 0.25) is 0 Å². The van der Waals surface area contributed by atoms with E-state index < -0.39 is 11.5 Å². The minimum atomic E-state index is -0.521. The Morgan fingerprint density at radius 2 is 2.18 bits per heavy atom. The molecule has 0 atom stereocenters. The number of pyridine rings is 1. The minimum Gasteiger partial charge on any atom is -0.506 e. The summed E-state index contributed by atoms with van der Waals surface area (Å²) in [5.41, 5.74) is 1.20. The largest absolute Gasteiger partial charge is 0.506 e. The lowest BCUT2D eigenvalue weighted by atomic mass is 10.1. The lowest BCUT2D eigenvalue weighted by Gasteiger charge is -2.13. The van der Waals surface area contributed by atoms with Crippen LogP contribution in [-0.4, -0.2) is 47.7 Å². The molecule has 1 aliphatic heterocycles. The zero-order valence-electron chi connectivity index (χ0n) is 12.7. The molecule has 116 valence electrons. The number of amides is 1. The highest BCUT2D eigenvalue weighted by Crippen LogP contribution is 2.31. The molecule has 22 heavy (non-hydrogen) atoms. The predicted molar refractivity (Wildman–Crippen MR) is 84.5 cm³/mol. The first-order chi connectivity index (χ1) is 10.5. The standard InChI is InChI=1S/C16H19N3O3/c1-18(2)9-7-17-15(21)12-14(20)11-5-3-4-10-6-8-19(13(10)11)16(12)22/h3-5,20H,6-9H2,1-2H3,(H,17,21). The SMILES string of the molecule is CN(C)CCNC(=O)c1c(O)c2cccc3c2n(c1=O)CC3. The summed E-state index contributed by atoms with van der Waals surface area (Å²) < 4.78 is 1.59. The first-order valence-corrected chi connectivity index (χ1v) is 7.31. The Morgan fingerprint density at radius 1 is 1.41 bits per heavy atom. The van der Waals surface area contributed by atoms with Gasteiger partial charge in [-0.25, -0.2) is 0 Å². The molecule has 0 spiro atoms. The number of carbonyl (C=O) groups excluding carboxylic acids is 1. The van der Waals surface area contributed by atoms with Crippen LogP contribution in [0, 0.1) is 0 Å². The third-order valence-electron chi connectivity index (χ3n) is 4.02. The van der Waals surface area contributed by atoms with Crippen molar-refractivity contribution in [3.63, 3.8) is 0 Å². The van der Waals surface area contributed by atoms with Gasteiger partial charge in [0.15, 0.2) is 0 Å². The topological polar surface area (TPSA) is 74.6 Å². The lowest BCUT2D eigenvalue weighted by Crippen LogP contribution is -2.36. The Morgan fingerprint density at radius 3 is 2.91 bits per heavy atom. The van der Waals surface area contributed by atoms with Gasteiger partial charge in [-0.2, -0.15) is 0 Å². The number of para-hydroxylation sites is 1. The van der Waals surface area contributed by atoms with E-state index in [0.29, 0.717) is 25.0 Å². The molecule has 1 amide bonds. The number of nitrogens with zero attached hydrogens (tertiary/aromatic N) is 2. The first-order valence-electron chi connectivity index (χ1n) is 7.31. The van der Waals surface area contributed by atoms with Gasteiger partial charge in [-0.05, 0) is 32.1 Å². The van der Waals surface area contributed by atoms with E-state index in [9.17, 15) is 14.7 Å². The number of benzene rings is 1. The van der Waals surface area contributed by atoms with Crippen LogP contribution < -0.4 is 10.9 Å². The zero-order valence-corrected chi connectivity index (χ0v) is 12.7. The molecule has 1 aliphatic rings. The number of aryl methyl sites for hydroxylation is 2. The van der Waals surface area contributed by atoms with Gasteiger partial charge in [0, 0.05) is 25.0 Å². The van der Waals surface area contributed by atoms with Crippen molar-refractivity contribution in [2.24, 2.45) is 0 Å². The molecule has 6 heteroatoms. The molecule has 2 heterocycles. The van der Waals surface area contributed by atoms with Crippen molar-refractivity contribution in [3.05, 3.63) is 39.7 Å². The van der Waals surface area contributed by atoms with Crippen molar-refractivity contribution in [3.8, 4) is 5.75 Å². The summed E-state index contributed by atoms with van der Waals surface area (Å²) >= 11 is 0. The summed E-state index contributed by atoms with van der Waals surface area (Å²) in [7, 11) is 3.80. The second kappa shape index (κ2) is 5.46. The molecule has 0 aliphatic carbocycles. The van der Waals surface area contributed by atoms with Gasteiger partial charge in [0.1, 0.15) is 11.3 Å². The minimum absolute atomic E-state index is 0.162. The highest BCUT2D eigenvalue weighted by atomic mass is 16.3. The van der Waals surface area contributed by atoms with Crippen LogP contribution in [0.4, 0.5) is 0 Å². The average molecular weight is 301 g/mol. The van der Waals surface area contributed by atoms with E-state index in [0.717, 1.165) is 17.5 Å². The van der Waals surface area contributed by atoms with E-state index in [4.69, 9.17) is 0 Å². The molecule has 6 nitrogen and oxygen atoms in total. The number of carbonyl (C=O) groups is 1. The summed E-state index contributed by atoms with van der Waals surface area (Å²) in [5, 5.41) is 13.7. The van der Waals surface area contributed by atoms with Crippen molar-refractivity contribution in [2.75, 3.05) is 27.2 Å². The lowest BCUT2D eigenvalue weighted by molar-refractivity contribution is 0.0946. The molecule has 0 saturated heterocycles. The van der Waals surface area contributed by atoms with Crippen LogP contribution in [0.1, 0.15) is 15.9 Å². The summed E-state index contributed by atoms with van der Waals surface area (Å²) in [6, 6.07) is 5.53. The monoisotopic (exact) mass is 301 g/mol. The van der Waals surface area contributed by atoms with E-state index in [1.54, 1.807) is 10.6 Å². The quantitative estimate of drug-likeness (QED) is 0.865. The maximum absolute atomic E-state index is 12.5. The van der Waals surface area contributed by atoms with E-state index in [2.05, 4.69) is 5.32 Å². The van der Waals surface area contributed by atoms with Crippen LogP contribution in [0.3, 0.4) is 0 Å². The van der Waals surface area contributed by atoms with Crippen molar-refractivity contribution in [1.82, 2.24) is 14.8 Å². The Labute approximate surface area is 128 Å². The fourth-order valence-corrected chi connectivity index (χ4v) is 2.91. The molecule has 0 saturated carbocycles. The zero-order chi connectivity index (χ0) is 15.9. The third-order valence-corrected chi connectivity index (χ3v) is 4.02. The molecule has 1 aromatic carbocycles. The smallest absolute Gasteiger partial charge is 0.267 e. The molecular weight excluding hydrogens is 282 g/mol. The summed E-state index contributed by atoms with van der Waals surface area (Å²) in [6.07, 6.45) is 0.748. The molecule has 0 fully saturated rings. The molecule has 0 radical (unpaired) electrons. The van der Waals surface area contributed by atoms with Crippen molar-refractivity contribution in [2.45, 2.75) is 13.0 Å². The number of hydrogen-bond donors (Lipinski definition) is 2. The van der Waals surface area contributed by atoms with Gasteiger partial charge in [0.25, 0.3) is 11.5 Å². The summed E-state index contributed by atoms with van der Waals surface area (Å²) in [6.45, 7) is 1.63. The molecule has 2 N–H and O–H groups in total. The van der Waals surface area contributed by atoms with Crippen LogP contribution in [-0.2, 0) is 13.0 Å². The summed E-state index contributed by atoms with van der Waals surface area (Å²) in [4.78, 5) is 26.8. The maximum Gasteiger partial charge on any atom is 0.267 e. The summed E-state index contributed by atoms with van der Waals surface area (Å²) in [5.74, 6) is -0.741. The number of rotatable bonds is 4. The van der Waals surface area contributed by atoms with Crippen LogP contribution >= 0.6 is 0 Å². The van der Waals surface area contributed by atoms with Gasteiger partial charge in [0.05, 0.1) is 5.52 Å². The normalized spacial score (nSPS) is 13.0. The molecule has 0 bridgehead atoms. The number of hydrogen-bond acceptors (Lipinski definition) is 4. The first kappa shape index (κ1) is 14.6. The Bertz CT molecular complexity index is 808. The van der Waals surface area contributed by atoms with Gasteiger partial charge < -0.3 is 19.9 Å². The molecular formula is C16H19N3O3. The number of aromatic nitrogens is 1. The van der Waals surface area contributed by atoms with Crippen LogP contribution in [0.25, 0.3) is 10.9 Å². The van der Waals surface area contributed by atoms with Gasteiger partial charge in [-0.1, -0.05) is 12.1 Å². The van der Waals surface area contributed by atoms with E-state index >= 15 is 0 Å². The van der Waals surface area contributed by atoms with Crippen molar-refractivity contribution in [1.29, 1.82) is 0 Å². The number of likely N-dealkylation sites (N-methyl/N-ethyl adjacent to an activating group) is 1. The second-order valence-corrected chi connectivity index (χ2v) is 5.80. The van der Waals surface area contributed by atoms with E-state index in [1.165, 1.54) is 0 Å². The molecule has 1 aromatic heterocycles. The number of aromatic hydroxyl groups is 1. The molecule has 2 aromatic rings. The highest BCUT2D eigenvalue weighted by Gasteiger charge is 2.25. The second-order valence-electron chi connectivity index (χ2n) is 5.80. The van der Waals surface area contributed by atoms with E-state index in [-0.39, 0.29) is 11.3 Å². The fourth-order valence-electron chi connectivity index (χ4n) is 2.91. The fraction of sp³-hybridized carbons (Fsp3) is 0.375.